The number of benzene rings is 1. The van der Waals surface area contributed by atoms with Gasteiger partial charge < -0.3 is 65.3 Å². The van der Waals surface area contributed by atoms with Crippen LogP contribution in [0.15, 0.2) is 35.3 Å². The van der Waals surface area contributed by atoms with Crippen molar-refractivity contribution in [2.24, 2.45) is 57.5 Å². The molecule has 0 aliphatic rings. The molecule has 16 N–H and O–H groups in total. The van der Waals surface area contributed by atoms with Crippen molar-refractivity contribution < 1.29 is 43.5 Å². The minimum absolute atomic E-state index is 0.0352. The van der Waals surface area contributed by atoms with Crippen LogP contribution < -0.4 is 60.2 Å². The predicted octanol–water partition coefficient (Wildman–Crippen LogP) is 1.06. The van der Waals surface area contributed by atoms with Gasteiger partial charge in [0.15, 0.2) is 5.96 Å². The molecule has 0 fully saturated rings. The first-order valence-electron chi connectivity index (χ1n) is 25.2. The van der Waals surface area contributed by atoms with E-state index >= 15 is 0 Å². The van der Waals surface area contributed by atoms with Gasteiger partial charge in [0, 0.05) is 6.54 Å². The van der Waals surface area contributed by atoms with Crippen molar-refractivity contribution in [3.8, 4) is 0 Å². The van der Waals surface area contributed by atoms with Gasteiger partial charge in [-0.3, -0.25) is 38.6 Å². The lowest BCUT2D eigenvalue weighted by atomic mass is 9.95. The molecule has 402 valence electrons. The third-order valence-electron chi connectivity index (χ3n) is 11.8. The fourth-order valence-electron chi connectivity index (χ4n) is 7.68. The highest BCUT2D eigenvalue weighted by atomic mass is 16.4. The fraction of sp³-hybridized carbons (Fsp3) is 0.700. The summed E-state index contributed by atoms with van der Waals surface area (Å²) in [5, 5.41) is 29.0. The molecule has 0 aromatic heterocycles. The number of nitrogens with zero attached hydrogens (tertiary/aromatic N) is 1. The van der Waals surface area contributed by atoms with Crippen LogP contribution in [-0.2, 0) is 44.8 Å². The molecule has 71 heavy (non-hydrogen) atoms. The minimum atomic E-state index is -1.25. The summed E-state index contributed by atoms with van der Waals surface area (Å²) in [5.74, 6) is -7.24. The van der Waals surface area contributed by atoms with Crippen LogP contribution in [0.4, 0.5) is 0 Å². The van der Waals surface area contributed by atoms with Gasteiger partial charge in [0.05, 0.1) is 6.04 Å². The highest BCUT2D eigenvalue weighted by Gasteiger charge is 2.36. The summed E-state index contributed by atoms with van der Waals surface area (Å²) in [6.45, 7) is 18.5. The van der Waals surface area contributed by atoms with E-state index in [1.807, 2.05) is 78.8 Å². The summed E-state index contributed by atoms with van der Waals surface area (Å²) in [7, 11) is 0. The number of aliphatic imine (C=N–C) groups is 1. The van der Waals surface area contributed by atoms with Gasteiger partial charge in [-0.15, -0.1) is 0 Å². The Bertz CT molecular complexity index is 1880. The molecule has 0 radical (unpaired) electrons. The van der Waals surface area contributed by atoms with Gasteiger partial charge in [-0.25, -0.2) is 4.79 Å². The van der Waals surface area contributed by atoms with Crippen molar-refractivity contribution >= 4 is 53.3 Å². The van der Waals surface area contributed by atoms with Crippen LogP contribution in [0.25, 0.3) is 0 Å². The van der Waals surface area contributed by atoms with Crippen LogP contribution in [0.1, 0.15) is 133 Å². The Balaban J connectivity index is 3.43. The fourth-order valence-corrected chi connectivity index (χ4v) is 7.68. The molecule has 0 aliphatic heterocycles. The third kappa shape index (κ3) is 24.7. The Labute approximate surface area is 421 Å². The molecule has 21 nitrogen and oxygen atoms in total. The molecule has 0 aliphatic carbocycles. The lowest BCUT2D eigenvalue weighted by Gasteiger charge is -2.30. The summed E-state index contributed by atoms with van der Waals surface area (Å²) in [4.78, 5) is 113. The second-order valence-electron chi connectivity index (χ2n) is 20.2. The smallest absolute Gasteiger partial charge is 0.326 e. The van der Waals surface area contributed by atoms with Crippen LogP contribution in [0, 0.1) is 29.6 Å². The minimum Gasteiger partial charge on any atom is -0.480 e. The summed E-state index contributed by atoms with van der Waals surface area (Å²) < 4.78 is 0. The van der Waals surface area contributed by atoms with E-state index in [4.69, 9.17) is 22.9 Å². The molecule has 7 amide bonds. The largest absolute Gasteiger partial charge is 0.480 e. The Kier molecular flexibility index (Phi) is 29.3. The maximum absolute atomic E-state index is 14.3. The van der Waals surface area contributed by atoms with E-state index in [0.717, 1.165) is 5.56 Å². The first-order chi connectivity index (χ1) is 33.3. The van der Waals surface area contributed by atoms with E-state index in [2.05, 4.69) is 42.2 Å². The standard InChI is InChI=1S/C50H88N12O9/c1-11-32(10)41(62-44(65)35(20-15-16-22-51)56-42(63)34(52)27-33-18-13-12-14-19-33)48(69)60-39(26-30(6)7)47(68)59-38(25-29(4)5)46(67)58-37(24-28(2)3)45(66)57-36(21-17-23-55-50(53)54)43(64)61-40(31(8)9)49(70)71/h12-14,18-19,28-32,34-41H,11,15-17,20-27,51-52H2,1-10H3,(H,56,63)(H,57,66)(H,58,67)(H,59,68)(H,60,69)(H,61,64)(H,62,65)(H,70,71)(H4,53,54,55)/t32-,34-,35-,36-,37-,38-,39-,40-,41-/m0/s1. The Morgan fingerprint density at radius 2 is 0.958 bits per heavy atom. The molecule has 1 aromatic rings. The zero-order chi connectivity index (χ0) is 54.0. The molecule has 1 aromatic carbocycles. The lowest BCUT2D eigenvalue weighted by molar-refractivity contribution is -0.143. The number of hydrogen-bond acceptors (Lipinski definition) is 11. The summed E-state index contributed by atoms with van der Waals surface area (Å²) in [6, 6.07) is 0.166. The molecule has 0 unspecified atom stereocenters. The highest BCUT2D eigenvalue weighted by Crippen LogP contribution is 2.15. The number of hydrogen-bond donors (Lipinski definition) is 12. The number of nitrogens with one attached hydrogen (secondary N) is 7. The van der Waals surface area contributed by atoms with E-state index < -0.39 is 107 Å². The predicted molar refractivity (Wildman–Crippen MR) is 275 cm³/mol. The zero-order valence-electron chi connectivity index (χ0n) is 43.8. The SMILES string of the molecule is CC[C@H](C)[C@H](NC(=O)[C@H](CCCCN)NC(=O)[C@@H](N)Cc1ccccc1)C(=O)N[C@@H](CC(C)C)C(=O)N[C@@H](CC(C)C)C(=O)N[C@@H](CC(C)C)C(=O)N[C@@H](CCCN=C(N)N)C(=O)N[C@H](C(=O)O)C(C)C. The van der Waals surface area contributed by atoms with Gasteiger partial charge in [-0.05, 0) is 99.5 Å². The van der Waals surface area contributed by atoms with Crippen LogP contribution >= 0.6 is 0 Å². The van der Waals surface area contributed by atoms with Crippen LogP contribution in [0.5, 0.6) is 0 Å². The van der Waals surface area contributed by atoms with Crippen molar-refractivity contribution in [2.75, 3.05) is 13.1 Å². The van der Waals surface area contributed by atoms with Crippen molar-refractivity contribution in [2.45, 2.75) is 182 Å². The van der Waals surface area contributed by atoms with Crippen molar-refractivity contribution in [3.63, 3.8) is 0 Å². The van der Waals surface area contributed by atoms with Gasteiger partial charge in [-0.1, -0.05) is 106 Å². The molecule has 0 saturated carbocycles. The molecule has 21 heteroatoms. The summed E-state index contributed by atoms with van der Waals surface area (Å²) in [5.41, 5.74) is 23.8. The van der Waals surface area contributed by atoms with Crippen LogP contribution in [0.2, 0.25) is 0 Å². The Morgan fingerprint density at radius 3 is 1.37 bits per heavy atom. The molecule has 0 bridgehead atoms. The number of unbranched alkanes of at least 4 members (excludes halogenated alkanes) is 1. The quantitative estimate of drug-likeness (QED) is 0.0261. The molecular weight excluding hydrogens is 913 g/mol. The maximum Gasteiger partial charge on any atom is 0.326 e. The van der Waals surface area contributed by atoms with E-state index in [-0.39, 0.29) is 75.2 Å². The van der Waals surface area contributed by atoms with E-state index in [0.29, 0.717) is 25.8 Å². The topological polar surface area (TPSA) is 357 Å². The van der Waals surface area contributed by atoms with E-state index in [1.165, 1.54) is 0 Å². The van der Waals surface area contributed by atoms with Crippen molar-refractivity contribution in [3.05, 3.63) is 35.9 Å². The van der Waals surface area contributed by atoms with Gasteiger partial charge in [0.2, 0.25) is 41.4 Å². The lowest BCUT2D eigenvalue weighted by Crippen LogP contribution is -2.61. The maximum atomic E-state index is 14.3. The molecule has 0 heterocycles. The summed E-state index contributed by atoms with van der Waals surface area (Å²) >= 11 is 0. The van der Waals surface area contributed by atoms with Crippen LogP contribution in [-0.4, -0.2) is 120 Å². The molecule has 9 atom stereocenters. The highest BCUT2D eigenvalue weighted by molar-refractivity contribution is 5.97. The Hall–Kier alpha value is -5.83. The number of amides is 7. The van der Waals surface area contributed by atoms with Gasteiger partial charge in [-0.2, -0.15) is 0 Å². The first-order valence-corrected chi connectivity index (χ1v) is 25.2. The third-order valence-corrected chi connectivity index (χ3v) is 11.8. The van der Waals surface area contributed by atoms with Crippen molar-refractivity contribution in [1.82, 2.24) is 37.2 Å². The number of rotatable bonds is 34. The number of aliphatic carboxylic acids is 1. The van der Waals surface area contributed by atoms with Gasteiger partial charge >= 0.3 is 5.97 Å². The van der Waals surface area contributed by atoms with E-state index in [9.17, 15) is 43.5 Å². The second-order valence-corrected chi connectivity index (χ2v) is 20.2. The van der Waals surface area contributed by atoms with Crippen molar-refractivity contribution in [1.29, 1.82) is 0 Å². The summed E-state index contributed by atoms with van der Waals surface area (Å²) in [6.07, 6.45) is 2.79. The zero-order valence-corrected chi connectivity index (χ0v) is 43.8. The first kappa shape index (κ1) is 63.2. The number of guanidine groups is 1. The van der Waals surface area contributed by atoms with Crippen LogP contribution in [0.3, 0.4) is 0 Å². The molecule has 1 rings (SSSR count). The molecule has 0 saturated heterocycles. The molecule has 0 spiro atoms. The number of carboxylic acid groups (broad SMARTS) is 1. The van der Waals surface area contributed by atoms with Gasteiger partial charge in [0.1, 0.15) is 42.3 Å². The number of carboxylic acids is 1. The normalized spacial score (nSPS) is 15.2. The molecular formula is C50H88N12O9. The monoisotopic (exact) mass is 1000 g/mol. The number of nitrogens with two attached hydrogens (primary N) is 4. The average molecular weight is 1000 g/mol. The number of carbonyl (C=O) groups is 8. The number of carbonyl (C=O) groups excluding carboxylic acids is 7. The van der Waals surface area contributed by atoms with E-state index in [1.54, 1.807) is 20.8 Å². The van der Waals surface area contributed by atoms with Gasteiger partial charge in [0.25, 0.3) is 0 Å². The average Bonchev–Trinajstić information content (AvgIpc) is 3.28. The second kappa shape index (κ2) is 32.9. The Morgan fingerprint density at radius 1 is 0.549 bits per heavy atom.